The van der Waals surface area contributed by atoms with Crippen molar-refractivity contribution in [2.75, 3.05) is 0 Å². The third-order valence-electron chi connectivity index (χ3n) is 6.00. The van der Waals surface area contributed by atoms with Gasteiger partial charge in [0.25, 0.3) is 10.0 Å². The van der Waals surface area contributed by atoms with Crippen molar-refractivity contribution in [1.82, 2.24) is 8.52 Å². The number of sulfonamides is 1. The number of nitrogens with zero attached hydrogens (tertiary/aromatic N) is 4. The van der Waals surface area contributed by atoms with Crippen molar-refractivity contribution in [3.63, 3.8) is 0 Å². The highest BCUT2D eigenvalue weighted by Gasteiger charge is 2.16. The summed E-state index contributed by atoms with van der Waals surface area (Å²) >= 11 is 1.30. The Labute approximate surface area is 226 Å². The fourth-order valence-corrected chi connectivity index (χ4v) is 6.22. The molecular formula is C30H28N4O2S2. The van der Waals surface area contributed by atoms with Crippen LogP contribution in [0.15, 0.2) is 130 Å². The zero-order valence-electron chi connectivity index (χ0n) is 21.0. The molecule has 0 amide bonds. The van der Waals surface area contributed by atoms with Crippen LogP contribution in [0, 0.1) is 6.92 Å². The molecule has 0 bridgehead atoms. The Bertz CT molecular complexity index is 1740. The van der Waals surface area contributed by atoms with Gasteiger partial charge in [0.2, 0.25) is 10.4 Å². The van der Waals surface area contributed by atoms with Crippen LogP contribution in [0.25, 0.3) is 0 Å². The van der Waals surface area contributed by atoms with Crippen LogP contribution >= 0.6 is 11.5 Å². The van der Waals surface area contributed by atoms with E-state index >= 15 is 0 Å². The molecule has 5 rings (SSSR count). The Balaban J connectivity index is 1.71. The van der Waals surface area contributed by atoms with E-state index in [-0.39, 0.29) is 4.90 Å². The number of aromatic nitrogens is 2. The molecule has 0 saturated carbocycles. The van der Waals surface area contributed by atoms with E-state index in [1.807, 2.05) is 94.3 Å². The molecule has 0 aliphatic rings. The normalized spacial score (nSPS) is 12.7. The highest BCUT2D eigenvalue weighted by molar-refractivity contribution is 7.90. The van der Waals surface area contributed by atoms with Crippen LogP contribution in [-0.2, 0) is 29.7 Å². The molecule has 8 heteroatoms. The van der Waals surface area contributed by atoms with Crippen LogP contribution in [0.5, 0.6) is 0 Å². The standard InChI is InChI=1S/C30H28N4O2S2/c1-24-17-19-28(20-18-24)38(35,36)32-30-33(22-26-13-7-3-8-14-26)29(31-21-25-11-5-2-6-12-25)34(37-30)23-27-15-9-4-10-16-27/h2-20H,21-23H2,1H3. The minimum Gasteiger partial charge on any atom is -0.281 e. The topological polar surface area (TPSA) is 68.7 Å². The first kappa shape index (κ1) is 25.6. The van der Waals surface area contributed by atoms with E-state index in [0.29, 0.717) is 30.1 Å². The predicted octanol–water partition coefficient (Wildman–Crippen LogP) is 5.15. The summed E-state index contributed by atoms with van der Waals surface area (Å²) in [5.41, 5.74) is 4.85. The Morgan fingerprint density at radius 2 is 1.21 bits per heavy atom. The summed E-state index contributed by atoms with van der Waals surface area (Å²) in [7, 11) is -3.93. The minimum absolute atomic E-state index is 0.167. The first-order valence-electron chi connectivity index (χ1n) is 12.3. The number of benzene rings is 4. The first-order chi connectivity index (χ1) is 18.5. The Hall–Kier alpha value is -4.01. The number of hydrogen-bond donors (Lipinski definition) is 0. The quantitative estimate of drug-likeness (QED) is 0.273. The second kappa shape index (κ2) is 11.6. The molecule has 1 heterocycles. The SMILES string of the molecule is Cc1ccc(S(=O)(=O)N=c2sn(Cc3ccccc3)c(=NCc3ccccc3)n2Cc2ccccc2)cc1. The van der Waals surface area contributed by atoms with Crippen LogP contribution in [0.2, 0.25) is 0 Å². The van der Waals surface area contributed by atoms with Gasteiger partial charge in [-0.15, -0.1) is 4.40 Å². The molecule has 0 aliphatic carbocycles. The Kier molecular flexibility index (Phi) is 7.81. The van der Waals surface area contributed by atoms with Gasteiger partial charge in [0.1, 0.15) is 0 Å². The first-order valence-corrected chi connectivity index (χ1v) is 14.5. The van der Waals surface area contributed by atoms with E-state index in [2.05, 4.69) is 16.5 Å². The van der Waals surface area contributed by atoms with Crippen LogP contribution < -0.4 is 10.4 Å². The maximum Gasteiger partial charge on any atom is 0.285 e. The molecule has 0 unspecified atom stereocenters. The van der Waals surface area contributed by atoms with E-state index in [1.165, 1.54) is 11.5 Å². The van der Waals surface area contributed by atoms with Gasteiger partial charge in [-0.2, -0.15) is 8.42 Å². The van der Waals surface area contributed by atoms with Gasteiger partial charge in [-0.05, 0) is 47.3 Å². The van der Waals surface area contributed by atoms with Gasteiger partial charge in [-0.3, -0.25) is 8.52 Å². The smallest absolute Gasteiger partial charge is 0.281 e. The molecule has 0 aliphatic heterocycles. The van der Waals surface area contributed by atoms with Gasteiger partial charge in [0.15, 0.2) is 0 Å². The van der Waals surface area contributed by atoms with E-state index in [9.17, 15) is 8.42 Å². The summed E-state index contributed by atoms with van der Waals surface area (Å²) in [5.74, 6) is 0. The predicted molar refractivity (Wildman–Crippen MR) is 151 cm³/mol. The largest absolute Gasteiger partial charge is 0.285 e. The maximum atomic E-state index is 13.4. The lowest BCUT2D eigenvalue weighted by Gasteiger charge is -2.06. The molecule has 0 N–H and O–H groups in total. The maximum absolute atomic E-state index is 13.4. The van der Waals surface area contributed by atoms with E-state index in [4.69, 9.17) is 4.99 Å². The fraction of sp³-hybridized carbons (Fsp3) is 0.133. The summed E-state index contributed by atoms with van der Waals surface area (Å²) in [5, 5.41) is 0. The zero-order chi connectivity index (χ0) is 26.4. The van der Waals surface area contributed by atoms with Crippen molar-refractivity contribution in [2.24, 2.45) is 9.39 Å². The molecule has 1 aromatic heterocycles. The lowest BCUT2D eigenvalue weighted by atomic mass is 10.2. The van der Waals surface area contributed by atoms with Gasteiger partial charge >= 0.3 is 0 Å². The number of rotatable bonds is 8. The number of hydrogen-bond acceptors (Lipinski definition) is 4. The van der Waals surface area contributed by atoms with Crippen molar-refractivity contribution in [3.8, 4) is 0 Å². The van der Waals surface area contributed by atoms with Crippen LogP contribution in [0.3, 0.4) is 0 Å². The summed E-state index contributed by atoms with van der Waals surface area (Å²) in [6.45, 7) is 3.38. The molecule has 6 nitrogen and oxygen atoms in total. The van der Waals surface area contributed by atoms with Gasteiger partial charge in [0, 0.05) is 0 Å². The monoisotopic (exact) mass is 540 g/mol. The fourth-order valence-electron chi connectivity index (χ4n) is 4.01. The highest BCUT2D eigenvalue weighted by atomic mass is 32.2. The molecule has 0 fully saturated rings. The molecule has 0 spiro atoms. The molecule has 4 aromatic carbocycles. The molecule has 0 atom stereocenters. The second-order valence-corrected chi connectivity index (χ2v) is 11.5. The van der Waals surface area contributed by atoms with Gasteiger partial charge < -0.3 is 0 Å². The lowest BCUT2D eigenvalue weighted by Crippen LogP contribution is -2.32. The minimum atomic E-state index is -3.93. The summed E-state index contributed by atoms with van der Waals surface area (Å²) < 4.78 is 35.0. The highest BCUT2D eigenvalue weighted by Crippen LogP contribution is 2.13. The molecule has 38 heavy (non-hydrogen) atoms. The van der Waals surface area contributed by atoms with Crippen molar-refractivity contribution in [2.45, 2.75) is 31.5 Å². The van der Waals surface area contributed by atoms with Crippen LogP contribution in [-0.4, -0.2) is 16.9 Å². The van der Waals surface area contributed by atoms with Gasteiger partial charge in [0.05, 0.1) is 24.5 Å². The van der Waals surface area contributed by atoms with Crippen molar-refractivity contribution in [1.29, 1.82) is 0 Å². The van der Waals surface area contributed by atoms with Gasteiger partial charge in [-0.25, -0.2) is 4.99 Å². The van der Waals surface area contributed by atoms with Crippen molar-refractivity contribution >= 4 is 21.6 Å². The third kappa shape index (κ3) is 6.27. The Morgan fingerprint density at radius 1 is 0.684 bits per heavy atom. The summed E-state index contributed by atoms with van der Waals surface area (Å²) in [4.78, 5) is 5.52. The van der Waals surface area contributed by atoms with Crippen molar-refractivity contribution in [3.05, 3.63) is 148 Å². The molecular weight excluding hydrogens is 512 g/mol. The zero-order valence-corrected chi connectivity index (χ0v) is 22.6. The summed E-state index contributed by atoms with van der Waals surface area (Å²) in [6.07, 6.45) is 0. The average molecular weight is 541 g/mol. The third-order valence-corrected chi connectivity index (χ3v) is 8.39. The van der Waals surface area contributed by atoms with E-state index in [1.54, 1.807) is 24.3 Å². The summed E-state index contributed by atoms with van der Waals surface area (Å²) in [6, 6.07) is 36.8. The van der Waals surface area contributed by atoms with Gasteiger partial charge in [-0.1, -0.05) is 109 Å². The van der Waals surface area contributed by atoms with Crippen LogP contribution in [0.4, 0.5) is 0 Å². The lowest BCUT2D eigenvalue weighted by molar-refractivity contribution is 0.593. The average Bonchev–Trinajstić information content (AvgIpc) is 3.23. The Morgan fingerprint density at radius 3 is 1.79 bits per heavy atom. The number of aryl methyl sites for hydroxylation is 1. The van der Waals surface area contributed by atoms with Crippen molar-refractivity contribution < 1.29 is 8.42 Å². The van der Waals surface area contributed by atoms with Crippen LogP contribution in [0.1, 0.15) is 22.3 Å². The molecule has 192 valence electrons. The molecule has 0 saturated heterocycles. The van der Waals surface area contributed by atoms with E-state index in [0.717, 1.165) is 22.3 Å². The molecule has 5 aromatic rings. The molecule has 0 radical (unpaired) electrons. The second-order valence-electron chi connectivity index (χ2n) is 8.95. The van der Waals surface area contributed by atoms with E-state index < -0.39 is 10.0 Å².